The summed E-state index contributed by atoms with van der Waals surface area (Å²) in [5, 5.41) is 0. The molecule has 0 saturated carbocycles. The van der Waals surface area contributed by atoms with Crippen LogP contribution in [0, 0.1) is 6.92 Å². The maximum absolute atomic E-state index is 5.27. The number of nitrogens with one attached hydrogen (secondary N) is 1. The number of hydrogen-bond donors (Lipinski definition) is 1. The number of imidazole rings is 1. The van der Waals surface area contributed by atoms with Crippen LogP contribution >= 0.6 is 0 Å². The van der Waals surface area contributed by atoms with Crippen LogP contribution < -0.4 is 4.74 Å². The normalized spacial score (nSPS) is 10.9. The average Bonchev–Trinajstić information content (AvgIpc) is 2.93. The largest absolute Gasteiger partial charge is 0.481 e. The van der Waals surface area contributed by atoms with Crippen molar-refractivity contribution in [3.8, 4) is 17.5 Å². The Balaban J connectivity index is 2.17. The molecule has 0 aromatic carbocycles. The zero-order valence-corrected chi connectivity index (χ0v) is 9.39. The molecule has 0 unspecified atom stereocenters. The lowest BCUT2D eigenvalue weighted by Gasteiger charge is -1.95. The Bertz CT molecular complexity index is 671. The van der Waals surface area contributed by atoms with Crippen LogP contribution in [-0.2, 0) is 0 Å². The Labute approximate surface area is 96.7 Å². The maximum Gasteiger partial charge on any atom is 0.215 e. The Morgan fingerprint density at radius 1 is 1.29 bits per heavy atom. The van der Waals surface area contributed by atoms with Crippen LogP contribution in [0.1, 0.15) is 5.69 Å². The van der Waals surface area contributed by atoms with Gasteiger partial charge in [-0.3, -0.25) is 0 Å². The molecule has 0 radical (unpaired) electrons. The minimum absolute atomic E-state index is 0.532. The van der Waals surface area contributed by atoms with E-state index in [-0.39, 0.29) is 0 Å². The number of aromatic nitrogens is 4. The van der Waals surface area contributed by atoms with Crippen molar-refractivity contribution in [1.29, 1.82) is 0 Å². The Morgan fingerprint density at radius 3 is 2.88 bits per heavy atom. The first-order valence-electron chi connectivity index (χ1n) is 5.09. The standard InChI is InChI=1S/C11H10N4O2/c1-6-9(17-5-12-6)11-13-7-3-4-8(16-2)14-10(7)15-11/h3-5H,1-2H3,(H,13,14,15). The van der Waals surface area contributed by atoms with Gasteiger partial charge in [0.2, 0.25) is 5.88 Å². The second kappa shape index (κ2) is 3.58. The fraction of sp³-hybridized carbons (Fsp3) is 0.182. The molecule has 0 aliphatic rings. The fourth-order valence-corrected chi connectivity index (χ4v) is 1.63. The van der Waals surface area contributed by atoms with Crippen molar-refractivity contribution in [3.63, 3.8) is 0 Å². The number of rotatable bonds is 2. The van der Waals surface area contributed by atoms with Gasteiger partial charge in [-0.15, -0.1) is 0 Å². The predicted octanol–water partition coefficient (Wildman–Crippen LogP) is 1.93. The third-order valence-corrected chi connectivity index (χ3v) is 2.49. The topological polar surface area (TPSA) is 76.8 Å². The molecule has 0 atom stereocenters. The van der Waals surface area contributed by atoms with Gasteiger partial charge in [0, 0.05) is 6.07 Å². The van der Waals surface area contributed by atoms with Gasteiger partial charge in [-0.2, -0.15) is 4.98 Å². The van der Waals surface area contributed by atoms with Crippen LogP contribution in [0.4, 0.5) is 0 Å². The molecule has 3 aromatic heterocycles. The van der Waals surface area contributed by atoms with Crippen LogP contribution in [0.15, 0.2) is 22.9 Å². The fourth-order valence-electron chi connectivity index (χ4n) is 1.63. The maximum atomic E-state index is 5.27. The van der Waals surface area contributed by atoms with Crippen LogP contribution in [-0.4, -0.2) is 27.0 Å². The molecule has 0 saturated heterocycles. The van der Waals surface area contributed by atoms with E-state index in [1.165, 1.54) is 6.39 Å². The highest BCUT2D eigenvalue weighted by molar-refractivity contribution is 5.75. The minimum atomic E-state index is 0.532. The molecule has 0 fully saturated rings. The van der Waals surface area contributed by atoms with Crippen molar-refractivity contribution < 1.29 is 9.15 Å². The summed E-state index contributed by atoms with van der Waals surface area (Å²) in [5.74, 6) is 1.78. The molecule has 1 N–H and O–H groups in total. The van der Waals surface area contributed by atoms with Crippen LogP contribution in [0.5, 0.6) is 5.88 Å². The summed E-state index contributed by atoms with van der Waals surface area (Å²) in [4.78, 5) is 15.7. The molecular formula is C11H10N4O2. The number of H-pyrrole nitrogens is 1. The van der Waals surface area contributed by atoms with Crippen LogP contribution in [0.3, 0.4) is 0 Å². The van der Waals surface area contributed by atoms with E-state index in [0.717, 1.165) is 11.2 Å². The second-order valence-corrected chi connectivity index (χ2v) is 3.58. The molecule has 3 heterocycles. The SMILES string of the molecule is COc1ccc2[nH]c(-c3ocnc3C)nc2n1. The quantitative estimate of drug-likeness (QED) is 0.727. The second-order valence-electron chi connectivity index (χ2n) is 3.58. The first-order chi connectivity index (χ1) is 8.28. The molecule has 17 heavy (non-hydrogen) atoms. The summed E-state index contributed by atoms with van der Waals surface area (Å²) in [6, 6.07) is 3.64. The summed E-state index contributed by atoms with van der Waals surface area (Å²) in [5.41, 5.74) is 2.21. The first-order valence-corrected chi connectivity index (χ1v) is 5.09. The number of hydrogen-bond acceptors (Lipinski definition) is 5. The van der Waals surface area contributed by atoms with E-state index in [4.69, 9.17) is 9.15 Å². The minimum Gasteiger partial charge on any atom is -0.481 e. The van der Waals surface area contributed by atoms with Crippen molar-refractivity contribution in [2.24, 2.45) is 0 Å². The third kappa shape index (κ3) is 1.54. The number of nitrogens with zero attached hydrogens (tertiary/aromatic N) is 3. The molecule has 0 spiro atoms. The van der Waals surface area contributed by atoms with Crippen molar-refractivity contribution in [1.82, 2.24) is 19.9 Å². The first kappa shape index (κ1) is 9.83. The number of methoxy groups -OCH3 is 1. The van der Waals surface area contributed by atoms with Crippen LogP contribution in [0.2, 0.25) is 0 Å². The summed E-state index contributed by atoms with van der Waals surface area (Å²) in [6.07, 6.45) is 1.39. The zero-order chi connectivity index (χ0) is 11.8. The van der Waals surface area contributed by atoms with Gasteiger partial charge in [-0.25, -0.2) is 9.97 Å². The Morgan fingerprint density at radius 2 is 2.18 bits per heavy atom. The highest BCUT2D eigenvalue weighted by Gasteiger charge is 2.12. The Kier molecular flexibility index (Phi) is 2.07. The number of ether oxygens (including phenoxy) is 1. The third-order valence-electron chi connectivity index (χ3n) is 2.49. The van der Waals surface area contributed by atoms with E-state index in [1.54, 1.807) is 13.2 Å². The van der Waals surface area contributed by atoms with Gasteiger partial charge in [0.05, 0.1) is 18.3 Å². The van der Waals surface area contributed by atoms with Gasteiger partial charge in [0.25, 0.3) is 0 Å². The van der Waals surface area contributed by atoms with Gasteiger partial charge < -0.3 is 14.1 Å². The van der Waals surface area contributed by atoms with Crippen molar-refractivity contribution >= 4 is 11.2 Å². The van der Waals surface area contributed by atoms with Crippen LogP contribution in [0.25, 0.3) is 22.7 Å². The van der Waals surface area contributed by atoms with E-state index in [2.05, 4.69) is 19.9 Å². The number of oxazole rings is 1. The van der Waals surface area contributed by atoms with Gasteiger partial charge in [0.1, 0.15) is 0 Å². The summed E-state index contributed by atoms with van der Waals surface area (Å²) < 4.78 is 10.3. The van der Waals surface area contributed by atoms with E-state index >= 15 is 0 Å². The Hall–Kier alpha value is -2.37. The molecule has 0 aliphatic heterocycles. The number of aryl methyl sites for hydroxylation is 1. The molecule has 3 rings (SSSR count). The van der Waals surface area contributed by atoms with Gasteiger partial charge in [-0.05, 0) is 13.0 Å². The highest BCUT2D eigenvalue weighted by Crippen LogP contribution is 2.23. The number of aromatic amines is 1. The molecular weight excluding hydrogens is 220 g/mol. The highest BCUT2D eigenvalue weighted by atomic mass is 16.5. The van der Waals surface area contributed by atoms with E-state index < -0.39 is 0 Å². The van der Waals surface area contributed by atoms with Gasteiger partial charge in [0.15, 0.2) is 23.6 Å². The zero-order valence-electron chi connectivity index (χ0n) is 9.39. The lowest BCUT2D eigenvalue weighted by Crippen LogP contribution is -1.86. The van der Waals surface area contributed by atoms with E-state index in [1.807, 2.05) is 13.0 Å². The monoisotopic (exact) mass is 230 g/mol. The summed E-state index contributed by atoms with van der Waals surface area (Å²) >= 11 is 0. The molecule has 86 valence electrons. The smallest absolute Gasteiger partial charge is 0.215 e. The molecule has 0 aliphatic carbocycles. The van der Waals surface area contributed by atoms with Gasteiger partial charge in [-0.1, -0.05) is 0 Å². The van der Waals surface area contributed by atoms with E-state index in [0.29, 0.717) is 23.1 Å². The van der Waals surface area contributed by atoms with Crippen molar-refractivity contribution in [2.75, 3.05) is 7.11 Å². The molecule has 3 aromatic rings. The van der Waals surface area contributed by atoms with Gasteiger partial charge >= 0.3 is 0 Å². The molecule has 6 heteroatoms. The van der Waals surface area contributed by atoms with E-state index in [9.17, 15) is 0 Å². The average molecular weight is 230 g/mol. The molecule has 6 nitrogen and oxygen atoms in total. The molecule has 0 bridgehead atoms. The number of fused-ring (bicyclic) bond motifs is 1. The van der Waals surface area contributed by atoms with Crippen molar-refractivity contribution in [2.45, 2.75) is 6.92 Å². The summed E-state index contributed by atoms with van der Waals surface area (Å²) in [6.45, 7) is 1.86. The lowest BCUT2D eigenvalue weighted by molar-refractivity contribution is 0.399. The molecule has 0 amide bonds. The van der Waals surface area contributed by atoms with Crippen molar-refractivity contribution in [3.05, 3.63) is 24.2 Å². The number of pyridine rings is 1. The lowest BCUT2D eigenvalue weighted by atomic mass is 10.3. The predicted molar refractivity (Wildman–Crippen MR) is 60.7 cm³/mol. The summed E-state index contributed by atoms with van der Waals surface area (Å²) in [7, 11) is 1.57.